The minimum atomic E-state index is -0.234. The first-order chi connectivity index (χ1) is 13.2. The van der Waals surface area contributed by atoms with Gasteiger partial charge < -0.3 is 15.3 Å². The highest BCUT2D eigenvalue weighted by atomic mass is 16.1. The maximum atomic E-state index is 12.9. The topological polar surface area (TPSA) is 90.6 Å². The number of aromatic nitrogens is 3. The number of aromatic amines is 2. The number of H-pyrrole nitrogens is 2. The second kappa shape index (κ2) is 6.09. The van der Waals surface area contributed by atoms with Gasteiger partial charge in [-0.2, -0.15) is 0 Å². The van der Waals surface area contributed by atoms with Crippen LogP contribution < -0.4 is 11.0 Å². The lowest BCUT2D eigenvalue weighted by atomic mass is 10.1. The third-order valence-electron chi connectivity index (χ3n) is 5.01. The van der Waals surface area contributed by atoms with E-state index in [4.69, 9.17) is 4.98 Å². The number of nitrogens with zero attached hydrogens (tertiary/aromatic N) is 1. The van der Waals surface area contributed by atoms with E-state index < -0.39 is 0 Å². The molecule has 134 valence electrons. The molecule has 1 aliphatic carbocycles. The molecule has 27 heavy (non-hydrogen) atoms. The summed E-state index contributed by atoms with van der Waals surface area (Å²) in [5, 5.41) is 3.86. The number of nitrogens with one attached hydrogen (secondary N) is 3. The molecule has 2 aromatic carbocycles. The van der Waals surface area contributed by atoms with Gasteiger partial charge in [0.2, 0.25) is 0 Å². The molecule has 0 aliphatic heterocycles. The minimum Gasteiger partial charge on any atom is -0.348 e. The maximum Gasteiger partial charge on any atom is 0.323 e. The lowest BCUT2D eigenvalue weighted by Crippen LogP contribution is -2.23. The van der Waals surface area contributed by atoms with Crippen LogP contribution in [-0.4, -0.2) is 20.9 Å². The van der Waals surface area contributed by atoms with Crippen LogP contribution in [0.15, 0.2) is 53.3 Å². The zero-order valence-electron chi connectivity index (χ0n) is 14.6. The van der Waals surface area contributed by atoms with Crippen LogP contribution in [0.25, 0.3) is 21.9 Å². The highest BCUT2D eigenvalue weighted by molar-refractivity contribution is 6.06. The van der Waals surface area contributed by atoms with Gasteiger partial charge in [-0.05, 0) is 42.7 Å². The summed E-state index contributed by atoms with van der Waals surface area (Å²) in [5.41, 5.74) is 4.71. The van der Waals surface area contributed by atoms with Crippen LogP contribution in [0.3, 0.4) is 0 Å². The van der Waals surface area contributed by atoms with Crippen LogP contribution in [0.5, 0.6) is 0 Å². The van der Waals surface area contributed by atoms with E-state index in [0.29, 0.717) is 18.0 Å². The number of rotatable bonds is 4. The second-order valence-corrected chi connectivity index (χ2v) is 7.03. The number of para-hydroxylation sites is 1. The Bertz CT molecular complexity index is 1230. The third-order valence-corrected chi connectivity index (χ3v) is 5.01. The fourth-order valence-electron chi connectivity index (χ4n) is 3.44. The third kappa shape index (κ3) is 2.99. The number of benzene rings is 2. The Morgan fingerprint density at radius 1 is 1.07 bits per heavy atom. The second-order valence-electron chi connectivity index (χ2n) is 7.03. The predicted molar refractivity (Wildman–Crippen MR) is 104 cm³/mol. The van der Waals surface area contributed by atoms with Gasteiger partial charge >= 0.3 is 5.69 Å². The number of hydrogen-bond donors (Lipinski definition) is 3. The molecule has 1 saturated carbocycles. The molecule has 0 spiro atoms. The molecule has 5 rings (SSSR count). The van der Waals surface area contributed by atoms with E-state index in [0.717, 1.165) is 46.0 Å². The van der Waals surface area contributed by atoms with Gasteiger partial charge in [-0.1, -0.05) is 24.3 Å². The van der Waals surface area contributed by atoms with E-state index >= 15 is 0 Å². The summed E-state index contributed by atoms with van der Waals surface area (Å²) in [6, 6.07) is 15.3. The Morgan fingerprint density at radius 2 is 1.89 bits per heavy atom. The Morgan fingerprint density at radius 3 is 2.74 bits per heavy atom. The number of hydrogen-bond acceptors (Lipinski definition) is 3. The predicted octanol–water partition coefficient (Wildman–Crippen LogP) is 3.21. The summed E-state index contributed by atoms with van der Waals surface area (Å²) >= 11 is 0. The largest absolute Gasteiger partial charge is 0.348 e. The smallest absolute Gasteiger partial charge is 0.323 e. The van der Waals surface area contributed by atoms with Crippen LogP contribution in [0, 0.1) is 0 Å². The minimum absolute atomic E-state index is 0.113. The summed E-state index contributed by atoms with van der Waals surface area (Å²) in [4.78, 5) is 34.4. The molecule has 0 atom stereocenters. The van der Waals surface area contributed by atoms with Crippen LogP contribution in [0.4, 0.5) is 0 Å². The van der Waals surface area contributed by atoms with Gasteiger partial charge in [0.1, 0.15) is 0 Å². The van der Waals surface area contributed by atoms with Crippen molar-refractivity contribution in [2.24, 2.45) is 0 Å². The SMILES string of the molecule is O=C(NCc1ccc2[nH]c(=O)[nH]c2c1)c1cc(C2CC2)nc2ccccc12. The van der Waals surface area contributed by atoms with Crippen molar-refractivity contribution in [1.82, 2.24) is 20.3 Å². The molecule has 0 unspecified atom stereocenters. The van der Waals surface area contributed by atoms with Crippen molar-refractivity contribution in [1.29, 1.82) is 0 Å². The van der Waals surface area contributed by atoms with Crippen LogP contribution in [0.1, 0.15) is 40.4 Å². The summed E-state index contributed by atoms with van der Waals surface area (Å²) in [7, 11) is 0. The number of fused-ring (bicyclic) bond motifs is 2. The van der Waals surface area contributed by atoms with Gasteiger partial charge in [-0.3, -0.25) is 9.78 Å². The standard InChI is InChI=1S/C21H18N4O2/c26-20(22-11-12-5-8-17-19(9-12)25-21(27)24-17)15-10-18(13-6-7-13)23-16-4-2-1-3-14(15)16/h1-5,8-10,13H,6-7,11H2,(H,22,26)(H2,24,25,27). The van der Waals surface area contributed by atoms with E-state index in [2.05, 4.69) is 15.3 Å². The molecule has 3 N–H and O–H groups in total. The lowest BCUT2D eigenvalue weighted by molar-refractivity contribution is 0.0952. The summed E-state index contributed by atoms with van der Waals surface area (Å²) < 4.78 is 0. The first kappa shape index (κ1) is 15.8. The van der Waals surface area contributed by atoms with Gasteiger partial charge in [0.15, 0.2) is 0 Å². The Labute approximate surface area is 154 Å². The van der Waals surface area contributed by atoms with E-state index in [9.17, 15) is 9.59 Å². The van der Waals surface area contributed by atoms with Crippen molar-refractivity contribution in [2.45, 2.75) is 25.3 Å². The first-order valence-electron chi connectivity index (χ1n) is 9.06. The summed E-state index contributed by atoms with van der Waals surface area (Å²) in [6.07, 6.45) is 2.28. The number of carbonyl (C=O) groups excluding carboxylic acids is 1. The molecule has 1 amide bonds. The van der Waals surface area contributed by atoms with Crippen molar-refractivity contribution < 1.29 is 4.79 Å². The molecular weight excluding hydrogens is 340 g/mol. The van der Waals surface area contributed by atoms with Gasteiger partial charge in [0, 0.05) is 23.5 Å². The molecule has 6 heteroatoms. The Hall–Kier alpha value is -3.41. The van der Waals surface area contributed by atoms with Crippen LogP contribution in [0.2, 0.25) is 0 Å². The Balaban J connectivity index is 1.43. The average Bonchev–Trinajstić information content (AvgIpc) is 3.46. The Kier molecular flexibility index (Phi) is 3.57. The highest BCUT2D eigenvalue weighted by Crippen LogP contribution is 2.40. The van der Waals surface area contributed by atoms with Gasteiger partial charge in [0.05, 0.1) is 22.1 Å². The molecule has 2 aromatic heterocycles. The molecule has 0 radical (unpaired) electrons. The van der Waals surface area contributed by atoms with Crippen molar-refractivity contribution >= 4 is 27.8 Å². The molecule has 1 aliphatic rings. The lowest BCUT2D eigenvalue weighted by Gasteiger charge is -2.10. The number of amides is 1. The molecule has 4 aromatic rings. The van der Waals surface area contributed by atoms with Crippen LogP contribution in [-0.2, 0) is 6.54 Å². The normalized spacial score (nSPS) is 13.9. The molecule has 0 saturated heterocycles. The molecule has 6 nitrogen and oxygen atoms in total. The van der Waals surface area contributed by atoms with Gasteiger partial charge in [-0.15, -0.1) is 0 Å². The zero-order valence-corrected chi connectivity index (χ0v) is 14.6. The maximum absolute atomic E-state index is 12.9. The summed E-state index contributed by atoms with van der Waals surface area (Å²) in [6.45, 7) is 0.386. The van der Waals surface area contributed by atoms with E-state index in [1.54, 1.807) is 0 Å². The monoisotopic (exact) mass is 358 g/mol. The molecule has 1 fully saturated rings. The van der Waals surface area contributed by atoms with Crippen molar-refractivity contribution in [3.8, 4) is 0 Å². The molecular formula is C21H18N4O2. The number of pyridine rings is 1. The van der Waals surface area contributed by atoms with Gasteiger partial charge in [0.25, 0.3) is 5.91 Å². The van der Waals surface area contributed by atoms with E-state index in [1.165, 1.54) is 0 Å². The molecule has 0 bridgehead atoms. The quantitative estimate of drug-likeness (QED) is 0.523. The fraction of sp³-hybridized carbons (Fsp3) is 0.190. The summed E-state index contributed by atoms with van der Waals surface area (Å²) in [5.74, 6) is 0.368. The fourth-order valence-corrected chi connectivity index (χ4v) is 3.44. The van der Waals surface area contributed by atoms with Crippen molar-refractivity contribution in [3.05, 3.63) is 75.8 Å². The average molecular weight is 358 g/mol. The van der Waals surface area contributed by atoms with Crippen molar-refractivity contribution in [2.75, 3.05) is 0 Å². The zero-order chi connectivity index (χ0) is 18.4. The van der Waals surface area contributed by atoms with E-state index in [-0.39, 0.29) is 11.6 Å². The van der Waals surface area contributed by atoms with Crippen LogP contribution >= 0.6 is 0 Å². The number of carbonyl (C=O) groups is 1. The van der Waals surface area contributed by atoms with Gasteiger partial charge in [-0.25, -0.2) is 4.79 Å². The molecule has 2 heterocycles. The highest BCUT2D eigenvalue weighted by Gasteiger charge is 2.26. The number of imidazole rings is 1. The van der Waals surface area contributed by atoms with E-state index in [1.807, 2.05) is 48.5 Å². The van der Waals surface area contributed by atoms with Crippen molar-refractivity contribution in [3.63, 3.8) is 0 Å². The first-order valence-corrected chi connectivity index (χ1v) is 9.06.